The van der Waals surface area contributed by atoms with Crippen molar-refractivity contribution in [3.8, 4) is 11.3 Å². The first-order chi connectivity index (χ1) is 16.9. The van der Waals surface area contributed by atoms with Gasteiger partial charge in [0.2, 0.25) is 0 Å². The second-order valence-corrected chi connectivity index (χ2v) is 7.92. The number of aromatic nitrogens is 3. The van der Waals surface area contributed by atoms with Crippen LogP contribution in [-0.2, 0) is 17.5 Å². The van der Waals surface area contributed by atoms with Gasteiger partial charge in [0, 0.05) is 30.2 Å². The van der Waals surface area contributed by atoms with Crippen molar-refractivity contribution < 1.29 is 22.7 Å². The van der Waals surface area contributed by atoms with Crippen LogP contribution >= 0.6 is 0 Å². The van der Waals surface area contributed by atoms with E-state index in [9.17, 15) is 18.0 Å². The fraction of sp³-hybridized carbons (Fsp3) is 0.160. The van der Waals surface area contributed by atoms with Gasteiger partial charge in [0.1, 0.15) is 12.3 Å². The van der Waals surface area contributed by atoms with Gasteiger partial charge >= 0.3 is 6.18 Å². The lowest BCUT2D eigenvalue weighted by molar-refractivity contribution is -0.137. The van der Waals surface area contributed by atoms with Gasteiger partial charge in [-0.3, -0.25) is 9.20 Å². The van der Waals surface area contributed by atoms with Crippen LogP contribution in [0, 0.1) is 0 Å². The van der Waals surface area contributed by atoms with Crippen LogP contribution in [0.2, 0.25) is 0 Å². The maximum atomic E-state index is 12.9. The molecule has 3 heterocycles. The highest BCUT2D eigenvalue weighted by Crippen LogP contribution is 2.31. The summed E-state index contributed by atoms with van der Waals surface area (Å²) in [7, 11) is 0. The summed E-state index contributed by atoms with van der Waals surface area (Å²) in [5.74, 6) is -0.376. The van der Waals surface area contributed by atoms with E-state index in [4.69, 9.17) is 4.74 Å². The number of halogens is 3. The number of carbonyl (C=O) groups is 1. The predicted molar refractivity (Wildman–Crippen MR) is 123 cm³/mol. The zero-order valence-corrected chi connectivity index (χ0v) is 18.4. The summed E-state index contributed by atoms with van der Waals surface area (Å²) < 4.78 is 45.5. The van der Waals surface area contributed by atoms with Crippen LogP contribution in [0.4, 0.5) is 18.9 Å². The molecule has 0 fully saturated rings. The van der Waals surface area contributed by atoms with E-state index >= 15 is 0 Å². The number of alkyl halides is 3. The number of benzene rings is 2. The second-order valence-electron chi connectivity index (χ2n) is 7.92. The number of carbonyl (C=O) groups excluding carboxylic acids is 1. The number of ether oxygens (including phenoxy) is 1. The number of fused-ring (bicyclic) bond motifs is 1. The van der Waals surface area contributed by atoms with Crippen molar-refractivity contribution in [3.05, 3.63) is 96.4 Å². The molecule has 10 heteroatoms. The molecule has 1 aliphatic rings. The normalized spacial score (nSPS) is 13.6. The first kappa shape index (κ1) is 22.5. The van der Waals surface area contributed by atoms with Crippen LogP contribution in [0.15, 0.2) is 79.6 Å². The lowest BCUT2D eigenvalue weighted by Gasteiger charge is -2.23. The molecule has 0 saturated heterocycles. The Labute approximate surface area is 198 Å². The smallest absolute Gasteiger partial charge is 0.416 e. The molecule has 0 saturated carbocycles. The molecule has 2 aromatic carbocycles. The molecule has 178 valence electrons. The largest absolute Gasteiger partial charge is 0.498 e. The van der Waals surface area contributed by atoms with Gasteiger partial charge in [-0.2, -0.15) is 13.2 Å². The van der Waals surface area contributed by atoms with Gasteiger partial charge in [-0.15, -0.1) is 0 Å². The van der Waals surface area contributed by atoms with Crippen molar-refractivity contribution in [2.24, 2.45) is 0 Å². The number of amides is 1. The van der Waals surface area contributed by atoms with E-state index in [0.29, 0.717) is 30.1 Å². The Kier molecular flexibility index (Phi) is 5.86. The van der Waals surface area contributed by atoms with Crippen LogP contribution in [0.3, 0.4) is 0 Å². The highest BCUT2D eigenvalue weighted by Gasteiger charge is 2.30. The van der Waals surface area contributed by atoms with Gasteiger partial charge in [-0.1, -0.05) is 24.3 Å². The zero-order valence-electron chi connectivity index (χ0n) is 18.4. The molecule has 4 aromatic rings. The summed E-state index contributed by atoms with van der Waals surface area (Å²) in [5.41, 5.74) is 2.96. The molecular formula is C25H20F3N5O2. The van der Waals surface area contributed by atoms with Crippen LogP contribution in [0.5, 0.6) is 0 Å². The van der Waals surface area contributed by atoms with Crippen LogP contribution in [-0.4, -0.2) is 33.4 Å². The monoisotopic (exact) mass is 479 g/mol. The summed E-state index contributed by atoms with van der Waals surface area (Å²) in [6, 6.07) is 12.6. The van der Waals surface area contributed by atoms with E-state index in [1.807, 2.05) is 30.5 Å². The van der Waals surface area contributed by atoms with Crippen molar-refractivity contribution in [3.63, 3.8) is 0 Å². The first-order valence-corrected chi connectivity index (χ1v) is 10.8. The number of rotatable bonds is 5. The lowest BCUT2D eigenvalue weighted by Crippen LogP contribution is -2.25. The van der Waals surface area contributed by atoms with Crippen LogP contribution < -0.4 is 10.2 Å². The van der Waals surface area contributed by atoms with E-state index in [2.05, 4.69) is 20.2 Å². The molecule has 0 radical (unpaired) electrons. The van der Waals surface area contributed by atoms with Gasteiger partial charge in [0.05, 0.1) is 36.5 Å². The molecule has 5 rings (SSSR count). The molecule has 1 aliphatic heterocycles. The molecule has 1 amide bonds. The van der Waals surface area contributed by atoms with Gasteiger partial charge in [-0.05, 0) is 29.8 Å². The molecule has 2 aromatic heterocycles. The van der Waals surface area contributed by atoms with Gasteiger partial charge in [0.15, 0.2) is 5.65 Å². The second kappa shape index (κ2) is 9.13. The minimum Gasteiger partial charge on any atom is -0.498 e. The van der Waals surface area contributed by atoms with Crippen molar-refractivity contribution >= 4 is 17.2 Å². The Balaban J connectivity index is 1.29. The van der Waals surface area contributed by atoms with Crippen LogP contribution in [0.1, 0.15) is 21.6 Å². The number of hydrogen-bond acceptors (Lipinski definition) is 5. The average Bonchev–Trinajstić information content (AvgIpc) is 3.31. The topological polar surface area (TPSA) is 71.8 Å². The van der Waals surface area contributed by atoms with E-state index in [1.165, 1.54) is 30.7 Å². The molecule has 0 spiro atoms. The maximum absolute atomic E-state index is 12.9. The maximum Gasteiger partial charge on any atom is 0.416 e. The standard InChI is InChI=1S/C25H20F3N5O2/c26-25(27,28)19-5-3-18(4-6-19)22-14-30-23-15-29-21(16-33(22)23)24(34)31-13-17-1-7-20(8-2-17)32-9-11-35-12-10-32/h1-9,11,14-16H,10,12-13H2,(H,31,34). The molecule has 0 bridgehead atoms. The number of anilines is 1. The van der Waals surface area contributed by atoms with Crippen LogP contribution in [0.25, 0.3) is 16.9 Å². The Bertz CT molecular complexity index is 1380. The highest BCUT2D eigenvalue weighted by molar-refractivity contribution is 5.92. The van der Waals surface area contributed by atoms with E-state index in [1.54, 1.807) is 10.7 Å². The van der Waals surface area contributed by atoms with Crippen molar-refractivity contribution in [1.82, 2.24) is 19.7 Å². The Morgan fingerprint density at radius 1 is 1.03 bits per heavy atom. The SMILES string of the molecule is O=C(NCc1ccc(N2C=COCC2)cc1)c1cn2c(-c3ccc(C(F)(F)F)cc3)cnc2cn1. The Hall–Kier alpha value is -4.34. The quantitative estimate of drug-likeness (QED) is 0.451. The minimum absolute atomic E-state index is 0.165. The molecule has 0 aliphatic carbocycles. The van der Waals surface area contributed by atoms with Gasteiger partial charge in [-0.25, -0.2) is 9.97 Å². The number of imidazole rings is 1. The Morgan fingerprint density at radius 2 is 1.80 bits per heavy atom. The van der Waals surface area contributed by atoms with Crippen molar-refractivity contribution in [2.45, 2.75) is 12.7 Å². The minimum atomic E-state index is -4.41. The number of hydrogen-bond donors (Lipinski definition) is 1. The van der Waals surface area contributed by atoms with Gasteiger partial charge in [0.25, 0.3) is 5.91 Å². The molecule has 35 heavy (non-hydrogen) atoms. The molecule has 1 N–H and O–H groups in total. The fourth-order valence-corrected chi connectivity index (χ4v) is 3.75. The summed E-state index contributed by atoms with van der Waals surface area (Å²) in [6.07, 6.45) is 3.63. The van der Waals surface area contributed by atoms with Crippen molar-refractivity contribution in [1.29, 1.82) is 0 Å². The molecular weight excluding hydrogens is 459 g/mol. The zero-order chi connectivity index (χ0) is 24.4. The lowest BCUT2D eigenvalue weighted by atomic mass is 10.1. The third-order valence-electron chi connectivity index (χ3n) is 5.64. The fourth-order valence-electron chi connectivity index (χ4n) is 3.75. The van der Waals surface area contributed by atoms with E-state index in [0.717, 1.165) is 29.9 Å². The predicted octanol–water partition coefficient (Wildman–Crippen LogP) is 4.65. The number of nitrogens with one attached hydrogen (secondary N) is 1. The van der Waals surface area contributed by atoms with Crippen molar-refractivity contribution in [2.75, 3.05) is 18.1 Å². The first-order valence-electron chi connectivity index (χ1n) is 10.8. The van der Waals surface area contributed by atoms with E-state index in [-0.39, 0.29) is 11.6 Å². The van der Waals surface area contributed by atoms with Gasteiger partial charge < -0.3 is 15.0 Å². The van der Waals surface area contributed by atoms with E-state index < -0.39 is 11.7 Å². The summed E-state index contributed by atoms with van der Waals surface area (Å²) in [5, 5.41) is 2.85. The molecule has 0 atom stereocenters. The Morgan fingerprint density at radius 3 is 2.49 bits per heavy atom. The summed E-state index contributed by atoms with van der Waals surface area (Å²) in [6.45, 7) is 1.71. The summed E-state index contributed by atoms with van der Waals surface area (Å²) in [4.78, 5) is 23.2. The highest BCUT2D eigenvalue weighted by atomic mass is 19.4. The molecule has 7 nitrogen and oxygen atoms in total. The summed E-state index contributed by atoms with van der Waals surface area (Å²) >= 11 is 0. The average molecular weight is 479 g/mol. The third-order valence-corrected chi connectivity index (χ3v) is 5.64. The molecule has 0 unspecified atom stereocenters. The number of nitrogens with zero attached hydrogens (tertiary/aromatic N) is 4. The third kappa shape index (κ3) is 4.81.